The van der Waals surface area contributed by atoms with E-state index in [4.69, 9.17) is 4.99 Å². The Bertz CT molecular complexity index is 910. The van der Waals surface area contributed by atoms with E-state index in [0.29, 0.717) is 12.5 Å². The summed E-state index contributed by atoms with van der Waals surface area (Å²) in [5, 5.41) is 10.3. The second-order valence-electron chi connectivity index (χ2n) is 7.05. The minimum atomic E-state index is 0. The maximum atomic E-state index is 4.90. The van der Waals surface area contributed by atoms with Crippen molar-refractivity contribution in [2.75, 3.05) is 19.6 Å². The monoisotopic (exact) mass is 502 g/mol. The molecule has 0 saturated carbocycles. The van der Waals surface area contributed by atoms with Gasteiger partial charge in [0.25, 0.3) is 0 Å². The van der Waals surface area contributed by atoms with E-state index >= 15 is 0 Å². The number of halogens is 1. The molecular weight excluding hydrogens is 475 g/mol. The number of hydrogen-bond donors (Lipinski definition) is 2. The van der Waals surface area contributed by atoms with E-state index in [1.807, 2.05) is 12.1 Å². The molecule has 2 aromatic carbocycles. The van der Waals surface area contributed by atoms with E-state index in [9.17, 15) is 0 Å². The van der Waals surface area contributed by atoms with Crippen LogP contribution in [0, 0.1) is 0 Å². The number of hydrogen-bond acceptors (Lipinski definition) is 3. The lowest BCUT2D eigenvalue weighted by atomic mass is 9.99. The van der Waals surface area contributed by atoms with E-state index in [0.717, 1.165) is 49.0 Å². The second-order valence-corrected chi connectivity index (χ2v) is 7.05. The summed E-state index contributed by atoms with van der Waals surface area (Å²) in [6.07, 6.45) is 2.69. The number of aliphatic imine (C=N–C) groups is 1. The molecule has 1 unspecified atom stereocenters. The van der Waals surface area contributed by atoms with Gasteiger partial charge in [0.05, 0.1) is 6.54 Å². The highest BCUT2D eigenvalue weighted by molar-refractivity contribution is 14.0. The van der Waals surface area contributed by atoms with Gasteiger partial charge in [-0.05, 0) is 30.5 Å². The quantitative estimate of drug-likeness (QED) is 0.314. The van der Waals surface area contributed by atoms with Crippen molar-refractivity contribution in [2.45, 2.75) is 25.8 Å². The molecule has 0 amide bonds. The van der Waals surface area contributed by atoms with Crippen LogP contribution in [0.3, 0.4) is 0 Å². The summed E-state index contributed by atoms with van der Waals surface area (Å²) in [6, 6.07) is 19.1. The van der Waals surface area contributed by atoms with E-state index in [1.165, 1.54) is 11.9 Å². The maximum absolute atomic E-state index is 4.90. The molecule has 3 aromatic rings. The summed E-state index contributed by atoms with van der Waals surface area (Å²) < 4.78 is 0. The molecule has 1 fully saturated rings. The second kappa shape index (κ2) is 10.4. The molecular formula is C22H27IN6. The minimum Gasteiger partial charge on any atom is -0.357 e. The first-order valence-electron chi connectivity index (χ1n) is 9.86. The molecule has 1 aliphatic rings. The molecule has 0 bridgehead atoms. The Morgan fingerprint density at radius 3 is 2.83 bits per heavy atom. The van der Waals surface area contributed by atoms with Crippen molar-refractivity contribution in [3.05, 3.63) is 72.1 Å². The Hall–Kier alpha value is -2.42. The molecule has 0 aliphatic carbocycles. The number of guanidine groups is 1. The zero-order valence-corrected chi connectivity index (χ0v) is 18.9. The number of aromatic nitrogens is 3. The largest absolute Gasteiger partial charge is 0.357 e. The third-order valence-electron chi connectivity index (χ3n) is 5.12. The SMILES string of the molecule is CCNC(=NCc1cccc(-c2ncn[nH]2)c1)N1CCC(c2ccccc2)C1.I. The van der Waals surface area contributed by atoms with Crippen LogP contribution in [0.4, 0.5) is 0 Å². The van der Waals surface area contributed by atoms with Crippen LogP contribution in [0.1, 0.15) is 30.4 Å². The Labute approximate surface area is 188 Å². The molecule has 0 spiro atoms. The van der Waals surface area contributed by atoms with Crippen LogP contribution >= 0.6 is 24.0 Å². The summed E-state index contributed by atoms with van der Waals surface area (Å²) in [7, 11) is 0. The van der Waals surface area contributed by atoms with Gasteiger partial charge in [-0.25, -0.2) is 9.98 Å². The van der Waals surface area contributed by atoms with Crippen LogP contribution in [0.5, 0.6) is 0 Å². The maximum Gasteiger partial charge on any atom is 0.194 e. The van der Waals surface area contributed by atoms with Crippen LogP contribution in [-0.2, 0) is 6.54 Å². The number of H-pyrrole nitrogens is 1. The fourth-order valence-electron chi connectivity index (χ4n) is 3.70. The molecule has 1 aliphatic heterocycles. The summed E-state index contributed by atoms with van der Waals surface area (Å²) in [6.45, 7) is 5.66. The van der Waals surface area contributed by atoms with Gasteiger partial charge in [0.1, 0.15) is 6.33 Å². The topological polar surface area (TPSA) is 69.2 Å². The Balaban J connectivity index is 0.00000240. The molecule has 152 valence electrons. The molecule has 1 aromatic heterocycles. The molecule has 4 rings (SSSR count). The fourth-order valence-corrected chi connectivity index (χ4v) is 3.70. The van der Waals surface area contributed by atoms with Crippen LogP contribution in [0.2, 0.25) is 0 Å². The van der Waals surface area contributed by atoms with Gasteiger partial charge >= 0.3 is 0 Å². The number of rotatable bonds is 5. The first kappa shape index (κ1) is 21.3. The lowest BCUT2D eigenvalue weighted by molar-refractivity contribution is 0.486. The number of benzene rings is 2. The molecule has 7 heteroatoms. The van der Waals surface area contributed by atoms with E-state index in [1.54, 1.807) is 0 Å². The van der Waals surface area contributed by atoms with Gasteiger partial charge in [0.2, 0.25) is 0 Å². The molecule has 1 atom stereocenters. The van der Waals surface area contributed by atoms with Crippen LogP contribution in [0.25, 0.3) is 11.4 Å². The predicted octanol–water partition coefficient (Wildman–Crippen LogP) is 4.04. The van der Waals surface area contributed by atoms with Crippen molar-refractivity contribution in [2.24, 2.45) is 4.99 Å². The van der Waals surface area contributed by atoms with Gasteiger partial charge in [-0.15, -0.1) is 24.0 Å². The highest BCUT2D eigenvalue weighted by atomic mass is 127. The average Bonchev–Trinajstić information content (AvgIpc) is 3.44. The molecule has 2 N–H and O–H groups in total. The van der Waals surface area contributed by atoms with Gasteiger partial charge in [-0.2, -0.15) is 5.10 Å². The van der Waals surface area contributed by atoms with Gasteiger partial charge in [-0.3, -0.25) is 5.10 Å². The van der Waals surface area contributed by atoms with Gasteiger partial charge in [-0.1, -0.05) is 48.5 Å². The smallest absolute Gasteiger partial charge is 0.194 e. The van der Waals surface area contributed by atoms with Crippen molar-refractivity contribution < 1.29 is 0 Å². The molecule has 1 saturated heterocycles. The molecule has 29 heavy (non-hydrogen) atoms. The van der Waals surface area contributed by atoms with Gasteiger partial charge < -0.3 is 10.2 Å². The lowest BCUT2D eigenvalue weighted by Gasteiger charge is -2.22. The highest BCUT2D eigenvalue weighted by Gasteiger charge is 2.25. The zero-order valence-electron chi connectivity index (χ0n) is 16.6. The van der Waals surface area contributed by atoms with E-state index in [-0.39, 0.29) is 24.0 Å². The minimum absolute atomic E-state index is 0. The van der Waals surface area contributed by atoms with E-state index < -0.39 is 0 Å². The van der Waals surface area contributed by atoms with Crippen molar-refractivity contribution in [1.82, 2.24) is 25.4 Å². The Kier molecular flexibility index (Phi) is 7.62. The van der Waals surface area contributed by atoms with E-state index in [2.05, 4.69) is 74.8 Å². The first-order chi connectivity index (χ1) is 13.8. The number of likely N-dealkylation sites (tertiary alicyclic amines) is 1. The van der Waals surface area contributed by atoms with Crippen LogP contribution in [-0.4, -0.2) is 45.7 Å². The molecule has 6 nitrogen and oxygen atoms in total. The number of nitrogens with one attached hydrogen (secondary N) is 2. The summed E-state index contributed by atoms with van der Waals surface area (Å²) >= 11 is 0. The van der Waals surface area contributed by atoms with Crippen molar-refractivity contribution in [3.63, 3.8) is 0 Å². The van der Waals surface area contributed by atoms with Crippen molar-refractivity contribution in [1.29, 1.82) is 0 Å². The first-order valence-corrected chi connectivity index (χ1v) is 9.86. The standard InChI is InChI=1S/C22H26N6.HI/c1-2-23-22(28-12-11-20(15-28)18-8-4-3-5-9-18)24-14-17-7-6-10-19(13-17)21-25-16-26-27-21;/h3-10,13,16,20H,2,11-12,14-15H2,1H3,(H,23,24)(H,25,26,27);1H. The third kappa shape index (κ3) is 5.35. The Morgan fingerprint density at radius 2 is 2.07 bits per heavy atom. The molecule has 0 radical (unpaired) electrons. The highest BCUT2D eigenvalue weighted by Crippen LogP contribution is 2.27. The summed E-state index contributed by atoms with van der Waals surface area (Å²) in [4.78, 5) is 11.5. The van der Waals surface area contributed by atoms with Crippen molar-refractivity contribution in [3.8, 4) is 11.4 Å². The lowest BCUT2D eigenvalue weighted by Crippen LogP contribution is -2.40. The van der Waals surface area contributed by atoms with Gasteiger partial charge in [0.15, 0.2) is 11.8 Å². The number of aromatic amines is 1. The number of nitrogens with zero attached hydrogens (tertiary/aromatic N) is 4. The van der Waals surface area contributed by atoms with Crippen molar-refractivity contribution >= 4 is 29.9 Å². The fraction of sp³-hybridized carbons (Fsp3) is 0.318. The Morgan fingerprint density at radius 1 is 1.21 bits per heavy atom. The third-order valence-corrected chi connectivity index (χ3v) is 5.12. The van der Waals surface area contributed by atoms with Gasteiger partial charge in [0, 0.05) is 31.1 Å². The van der Waals surface area contributed by atoms with Crippen LogP contribution < -0.4 is 5.32 Å². The zero-order chi connectivity index (χ0) is 19.2. The summed E-state index contributed by atoms with van der Waals surface area (Å²) in [5.41, 5.74) is 3.60. The molecule has 2 heterocycles. The normalized spacial score (nSPS) is 16.5. The summed E-state index contributed by atoms with van der Waals surface area (Å²) in [5.74, 6) is 2.34. The predicted molar refractivity (Wildman–Crippen MR) is 127 cm³/mol. The van der Waals surface area contributed by atoms with Crippen LogP contribution in [0.15, 0.2) is 65.9 Å². The average molecular weight is 502 g/mol.